The molecule has 64 valence electrons. The Balaban J connectivity index is 3.22. The largest absolute Gasteiger partial charge is 0.409 e. The molecule has 0 aliphatic heterocycles. The lowest BCUT2D eigenvalue weighted by molar-refractivity contribution is 0.318. The van der Waals surface area contributed by atoms with Gasteiger partial charge in [-0.05, 0) is 28.7 Å². The van der Waals surface area contributed by atoms with E-state index in [1.165, 1.54) is 12.3 Å². The molecular formula is C6H6IN3O2. The summed E-state index contributed by atoms with van der Waals surface area (Å²) in [4.78, 5) is 13.3. The second-order valence-electron chi connectivity index (χ2n) is 2.05. The van der Waals surface area contributed by atoms with Crippen LogP contribution < -0.4 is 11.3 Å². The minimum absolute atomic E-state index is 0.0239. The van der Waals surface area contributed by atoms with Gasteiger partial charge in [-0.3, -0.25) is 4.79 Å². The Morgan fingerprint density at radius 1 is 1.75 bits per heavy atom. The highest BCUT2D eigenvalue weighted by atomic mass is 127. The van der Waals surface area contributed by atoms with Gasteiger partial charge in [-0.1, -0.05) is 5.16 Å². The van der Waals surface area contributed by atoms with Gasteiger partial charge in [0.25, 0.3) is 5.56 Å². The van der Waals surface area contributed by atoms with E-state index in [9.17, 15) is 4.79 Å². The van der Waals surface area contributed by atoms with E-state index in [0.717, 1.165) is 0 Å². The number of hydrogen-bond donors (Lipinski definition) is 3. The van der Waals surface area contributed by atoms with Crippen molar-refractivity contribution in [1.82, 2.24) is 4.98 Å². The third kappa shape index (κ3) is 1.76. The van der Waals surface area contributed by atoms with Crippen LogP contribution in [0.15, 0.2) is 22.2 Å². The molecule has 0 atom stereocenters. The minimum atomic E-state index is -0.190. The summed E-state index contributed by atoms with van der Waals surface area (Å²) in [5.41, 5.74) is 5.59. The highest BCUT2D eigenvalue weighted by Crippen LogP contribution is 2.00. The van der Waals surface area contributed by atoms with Gasteiger partial charge in [-0.15, -0.1) is 0 Å². The van der Waals surface area contributed by atoms with E-state index in [0.29, 0.717) is 9.13 Å². The molecule has 5 nitrogen and oxygen atoms in total. The van der Waals surface area contributed by atoms with E-state index < -0.39 is 0 Å². The minimum Gasteiger partial charge on any atom is -0.409 e. The number of nitrogens with zero attached hydrogens (tertiary/aromatic N) is 1. The van der Waals surface area contributed by atoms with E-state index in [1.54, 1.807) is 0 Å². The Bertz CT molecular complexity index is 371. The fraction of sp³-hybridized carbons (Fsp3) is 0. The number of aromatic nitrogens is 1. The van der Waals surface area contributed by atoms with Crippen molar-refractivity contribution in [2.24, 2.45) is 10.9 Å². The predicted octanol–water partition coefficient (Wildman–Crippen LogP) is 0.0740. The molecule has 1 rings (SSSR count). The summed E-state index contributed by atoms with van der Waals surface area (Å²) < 4.78 is 0.497. The molecule has 0 fully saturated rings. The Labute approximate surface area is 81.4 Å². The molecule has 0 bridgehead atoms. The fourth-order valence-electron chi connectivity index (χ4n) is 0.662. The van der Waals surface area contributed by atoms with Gasteiger partial charge in [-0.2, -0.15) is 0 Å². The SMILES string of the molecule is NC(=NO)c1c[nH]c(=O)c(I)c1. The zero-order chi connectivity index (χ0) is 9.14. The molecule has 0 saturated heterocycles. The van der Waals surface area contributed by atoms with E-state index in [2.05, 4.69) is 10.1 Å². The van der Waals surface area contributed by atoms with Gasteiger partial charge in [0.15, 0.2) is 5.84 Å². The van der Waals surface area contributed by atoms with Crippen molar-refractivity contribution in [2.75, 3.05) is 0 Å². The van der Waals surface area contributed by atoms with Gasteiger partial charge >= 0.3 is 0 Å². The van der Waals surface area contributed by atoms with Crippen molar-refractivity contribution in [3.8, 4) is 0 Å². The lowest BCUT2D eigenvalue weighted by atomic mass is 10.3. The molecule has 0 saturated carbocycles. The van der Waals surface area contributed by atoms with Crippen molar-refractivity contribution in [2.45, 2.75) is 0 Å². The first-order chi connectivity index (χ1) is 5.65. The summed E-state index contributed by atoms with van der Waals surface area (Å²) in [7, 11) is 0. The van der Waals surface area contributed by atoms with Crippen LogP contribution in [0.2, 0.25) is 0 Å². The number of aromatic amines is 1. The molecule has 0 radical (unpaired) electrons. The normalized spacial score (nSPS) is 11.6. The molecule has 1 aromatic heterocycles. The van der Waals surface area contributed by atoms with Crippen LogP contribution in [0.4, 0.5) is 0 Å². The van der Waals surface area contributed by atoms with Gasteiger partial charge in [0, 0.05) is 11.8 Å². The van der Waals surface area contributed by atoms with Crippen molar-refractivity contribution in [3.63, 3.8) is 0 Å². The van der Waals surface area contributed by atoms with E-state index in [1.807, 2.05) is 22.6 Å². The van der Waals surface area contributed by atoms with Crippen molar-refractivity contribution in [1.29, 1.82) is 0 Å². The third-order valence-corrected chi connectivity index (χ3v) is 2.06. The zero-order valence-electron chi connectivity index (χ0n) is 5.91. The average molecular weight is 279 g/mol. The quantitative estimate of drug-likeness (QED) is 0.223. The molecule has 0 amide bonds. The molecular weight excluding hydrogens is 273 g/mol. The van der Waals surface area contributed by atoms with Crippen molar-refractivity contribution in [3.05, 3.63) is 31.8 Å². The summed E-state index contributed by atoms with van der Waals surface area (Å²) in [6.07, 6.45) is 1.39. The number of halogens is 1. The number of oxime groups is 1. The number of amidine groups is 1. The smallest absolute Gasteiger partial charge is 0.261 e. The maximum atomic E-state index is 10.9. The van der Waals surface area contributed by atoms with Gasteiger partial charge in [-0.25, -0.2) is 0 Å². The molecule has 0 aliphatic carbocycles. The highest BCUT2D eigenvalue weighted by Gasteiger charge is 2.01. The molecule has 1 aromatic rings. The maximum Gasteiger partial charge on any atom is 0.261 e. The van der Waals surface area contributed by atoms with E-state index in [-0.39, 0.29) is 11.4 Å². The first-order valence-electron chi connectivity index (χ1n) is 3.01. The molecule has 0 unspecified atom stereocenters. The maximum absolute atomic E-state index is 10.9. The van der Waals surface area contributed by atoms with E-state index in [4.69, 9.17) is 10.9 Å². The molecule has 0 aliphatic rings. The van der Waals surface area contributed by atoms with Gasteiger partial charge < -0.3 is 15.9 Å². The van der Waals surface area contributed by atoms with Crippen LogP contribution in [0.25, 0.3) is 0 Å². The second-order valence-corrected chi connectivity index (χ2v) is 3.21. The Hall–Kier alpha value is -1.05. The lowest BCUT2D eigenvalue weighted by Crippen LogP contribution is -2.17. The number of hydrogen-bond acceptors (Lipinski definition) is 3. The van der Waals surface area contributed by atoms with Gasteiger partial charge in [0.05, 0.1) is 3.57 Å². The summed E-state index contributed by atoms with van der Waals surface area (Å²) >= 11 is 1.86. The summed E-state index contributed by atoms with van der Waals surface area (Å²) in [6.45, 7) is 0. The van der Waals surface area contributed by atoms with Gasteiger partial charge in [0.2, 0.25) is 0 Å². The molecule has 12 heavy (non-hydrogen) atoms. The predicted molar refractivity (Wildman–Crippen MR) is 52.3 cm³/mol. The third-order valence-electron chi connectivity index (χ3n) is 1.26. The second kappa shape index (κ2) is 3.57. The van der Waals surface area contributed by atoms with Crippen LogP contribution in [0.1, 0.15) is 5.56 Å². The summed E-state index contributed by atoms with van der Waals surface area (Å²) in [6, 6.07) is 1.54. The van der Waals surface area contributed by atoms with Crippen molar-refractivity contribution >= 4 is 28.4 Å². The summed E-state index contributed by atoms with van der Waals surface area (Å²) in [5.74, 6) is -0.0239. The van der Waals surface area contributed by atoms with Crippen molar-refractivity contribution < 1.29 is 5.21 Å². The first kappa shape index (κ1) is 9.04. The fourth-order valence-corrected chi connectivity index (χ4v) is 1.15. The average Bonchev–Trinajstić information content (AvgIpc) is 2.08. The Kier molecular flexibility index (Phi) is 2.69. The van der Waals surface area contributed by atoms with Crippen LogP contribution in [0.3, 0.4) is 0 Å². The molecule has 0 spiro atoms. The molecule has 4 N–H and O–H groups in total. The molecule has 0 aromatic carbocycles. The number of H-pyrrole nitrogens is 1. The highest BCUT2D eigenvalue weighted by molar-refractivity contribution is 14.1. The van der Waals surface area contributed by atoms with E-state index >= 15 is 0 Å². The molecule has 1 heterocycles. The first-order valence-corrected chi connectivity index (χ1v) is 4.09. The lowest BCUT2D eigenvalue weighted by Gasteiger charge is -1.97. The van der Waals surface area contributed by atoms with Crippen LogP contribution in [0.5, 0.6) is 0 Å². The number of rotatable bonds is 1. The Morgan fingerprint density at radius 3 is 2.92 bits per heavy atom. The Morgan fingerprint density at radius 2 is 2.42 bits per heavy atom. The monoisotopic (exact) mass is 279 g/mol. The van der Waals surface area contributed by atoms with Crippen LogP contribution in [-0.4, -0.2) is 16.0 Å². The molecule has 6 heteroatoms. The summed E-state index contributed by atoms with van der Waals surface area (Å²) in [5, 5.41) is 11.1. The van der Waals surface area contributed by atoms with Crippen LogP contribution in [-0.2, 0) is 0 Å². The van der Waals surface area contributed by atoms with Crippen LogP contribution >= 0.6 is 22.6 Å². The van der Waals surface area contributed by atoms with Crippen LogP contribution in [0, 0.1) is 3.57 Å². The number of nitrogens with one attached hydrogen (secondary N) is 1. The topological polar surface area (TPSA) is 91.5 Å². The number of nitrogens with two attached hydrogens (primary N) is 1. The number of pyridine rings is 1. The van der Waals surface area contributed by atoms with Gasteiger partial charge in [0.1, 0.15) is 0 Å². The standard InChI is InChI=1S/C6H6IN3O2/c7-4-1-3(5(8)10-12)2-9-6(4)11/h1-2,12H,(H2,8,10)(H,9,11). The zero-order valence-corrected chi connectivity index (χ0v) is 8.07.